The van der Waals surface area contributed by atoms with Crippen LogP contribution >= 0.6 is 0 Å². The molecule has 0 aromatic heterocycles. The van der Waals surface area contributed by atoms with Crippen LogP contribution in [0.3, 0.4) is 0 Å². The molecule has 0 unspecified atom stereocenters. The fraction of sp³-hybridized carbons (Fsp3) is 0.688. The van der Waals surface area contributed by atoms with Crippen molar-refractivity contribution < 1.29 is 14.3 Å². The lowest BCUT2D eigenvalue weighted by Crippen LogP contribution is -2.28. The Morgan fingerprint density at radius 1 is 1.32 bits per heavy atom. The van der Waals surface area contributed by atoms with Crippen molar-refractivity contribution in [2.24, 2.45) is 11.8 Å². The second kappa shape index (κ2) is 5.12. The molecule has 19 heavy (non-hydrogen) atoms. The van der Waals surface area contributed by atoms with Gasteiger partial charge in [0.15, 0.2) is 0 Å². The molecule has 2 aliphatic carbocycles. The predicted octanol–water partition coefficient (Wildman–Crippen LogP) is 3.01. The van der Waals surface area contributed by atoms with Crippen LogP contribution in [0.25, 0.3) is 0 Å². The van der Waals surface area contributed by atoms with Gasteiger partial charge in [0.2, 0.25) is 0 Å². The van der Waals surface area contributed by atoms with Crippen LogP contribution in [0.1, 0.15) is 38.5 Å². The molecule has 0 N–H and O–H groups in total. The lowest BCUT2D eigenvalue weighted by atomic mass is 9.78. The Morgan fingerprint density at radius 2 is 2.05 bits per heavy atom. The van der Waals surface area contributed by atoms with Crippen molar-refractivity contribution in [3.05, 3.63) is 23.3 Å². The van der Waals surface area contributed by atoms with Crippen LogP contribution in [0.5, 0.6) is 0 Å². The van der Waals surface area contributed by atoms with E-state index in [4.69, 9.17) is 9.47 Å². The van der Waals surface area contributed by atoms with Crippen LogP contribution in [-0.4, -0.2) is 25.8 Å². The first kappa shape index (κ1) is 12.9. The van der Waals surface area contributed by atoms with Crippen molar-refractivity contribution >= 4 is 5.97 Å². The number of fused-ring (bicyclic) bond motifs is 1. The smallest absolute Gasteiger partial charge is 0.334 e. The van der Waals surface area contributed by atoms with Crippen molar-refractivity contribution in [1.29, 1.82) is 0 Å². The summed E-state index contributed by atoms with van der Waals surface area (Å²) in [6.45, 7) is 4.77. The van der Waals surface area contributed by atoms with Crippen LogP contribution in [0, 0.1) is 11.8 Å². The number of esters is 1. The van der Waals surface area contributed by atoms with Gasteiger partial charge in [-0.3, -0.25) is 0 Å². The summed E-state index contributed by atoms with van der Waals surface area (Å²) in [5.74, 6) is 0.716. The summed E-state index contributed by atoms with van der Waals surface area (Å²) in [6, 6.07) is 0. The molecule has 104 valence electrons. The average molecular weight is 262 g/mol. The maximum Gasteiger partial charge on any atom is 0.334 e. The third-order valence-corrected chi connectivity index (χ3v) is 4.91. The molecular formula is C16H22O3. The standard InChI is InChI=1S/C16H22O3/c1-10-8-12(16(17)18-2)13-9-19-15(14(10)13)11-6-4-3-5-7-11/h11,14-15H,1,3-9H2,2H3/t14-,15+/m1/s1. The molecule has 1 saturated carbocycles. The molecule has 3 nitrogen and oxygen atoms in total. The zero-order valence-electron chi connectivity index (χ0n) is 11.6. The van der Waals surface area contributed by atoms with Crippen molar-refractivity contribution in [3.8, 4) is 0 Å². The molecule has 2 atom stereocenters. The second-order valence-corrected chi connectivity index (χ2v) is 5.98. The van der Waals surface area contributed by atoms with Gasteiger partial charge in [-0.1, -0.05) is 31.4 Å². The number of rotatable bonds is 2. The SMILES string of the molecule is C=C1CC(C(=O)OC)=C2CO[C@@H](C3CCCCC3)[C@H]12. The van der Waals surface area contributed by atoms with E-state index in [0.717, 1.165) is 16.7 Å². The Hall–Kier alpha value is -1.09. The minimum absolute atomic E-state index is 0.202. The van der Waals surface area contributed by atoms with Crippen LogP contribution < -0.4 is 0 Å². The molecule has 0 aromatic carbocycles. The summed E-state index contributed by atoms with van der Waals surface area (Å²) < 4.78 is 10.9. The highest BCUT2D eigenvalue weighted by Crippen LogP contribution is 2.48. The highest BCUT2D eigenvalue weighted by Gasteiger charge is 2.45. The monoisotopic (exact) mass is 262 g/mol. The summed E-state index contributed by atoms with van der Waals surface area (Å²) in [6.07, 6.45) is 7.43. The first-order valence-electron chi connectivity index (χ1n) is 7.32. The number of carbonyl (C=O) groups excluding carboxylic acids is 1. The molecule has 3 heteroatoms. The summed E-state index contributed by atoms with van der Waals surface area (Å²) >= 11 is 0. The average Bonchev–Trinajstić information content (AvgIpc) is 3.01. The van der Waals surface area contributed by atoms with Gasteiger partial charge in [0.05, 0.1) is 19.8 Å². The van der Waals surface area contributed by atoms with Gasteiger partial charge in [0.1, 0.15) is 0 Å². The summed E-state index contributed by atoms with van der Waals surface area (Å²) in [5.41, 5.74) is 3.09. The van der Waals surface area contributed by atoms with Gasteiger partial charge in [-0.2, -0.15) is 0 Å². The first-order valence-corrected chi connectivity index (χ1v) is 7.32. The Labute approximate surface area is 114 Å². The van der Waals surface area contributed by atoms with Gasteiger partial charge in [0, 0.05) is 17.9 Å². The zero-order valence-corrected chi connectivity index (χ0v) is 11.6. The minimum Gasteiger partial charge on any atom is -0.466 e. The van der Waals surface area contributed by atoms with Crippen LogP contribution in [-0.2, 0) is 14.3 Å². The van der Waals surface area contributed by atoms with E-state index in [1.165, 1.54) is 39.2 Å². The van der Waals surface area contributed by atoms with E-state index in [1.807, 2.05) is 0 Å². The van der Waals surface area contributed by atoms with E-state index in [2.05, 4.69) is 6.58 Å². The molecule has 0 aromatic rings. The lowest BCUT2D eigenvalue weighted by molar-refractivity contribution is -0.136. The molecule has 3 aliphatic rings. The normalized spacial score (nSPS) is 31.7. The Morgan fingerprint density at radius 3 is 2.74 bits per heavy atom. The lowest BCUT2D eigenvalue weighted by Gasteiger charge is -2.30. The molecule has 1 saturated heterocycles. The fourth-order valence-corrected chi connectivity index (χ4v) is 3.97. The minimum atomic E-state index is -0.202. The Balaban J connectivity index is 1.83. The molecular weight excluding hydrogens is 240 g/mol. The number of methoxy groups -OCH3 is 1. The molecule has 0 spiro atoms. The Bertz CT molecular complexity index is 429. The van der Waals surface area contributed by atoms with E-state index in [-0.39, 0.29) is 18.0 Å². The first-order chi connectivity index (χ1) is 9.22. The van der Waals surface area contributed by atoms with Crippen LogP contribution in [0.4, 0.5) is 0 Å². The quantitative estimate of drug-likeness (QED) is 0.567. The third-order valence-electron chi connectivity index (χ3n) is 4.91. The predicted molar refractivity (Wildman–Crippen MR) is 72.6 cm³/mol. The number of ether oxygens (including phenoxy) is 2. The molecule has 1 heterocycles. The van der Waals surface area contributed by atoms with E-state index in [1.54, 1.807) is 0 Å². The number of hydrogen-bond acceptors (Lipinski definition) is 3. The van der Waals surface area contributed by atoms with Crippen molar-refractivity contribution in [2.45, 2.75) is 44.6 Å². The molecule has 1 aliphatic heterocycles. The van der Waals surface area contributed by atoms with E-state index in [9.17, 15) is 4.79 Å². The van der Waals surface area contributed by atoms with Gasteiger partial charge in [-0.15, -0.1) is 0 Å². The molecule has 3 rings (SSSR count). The van der Waals surface area contributed by atoms with Gasteiger partial charge >= 0.3 is 5.97 Å². The molecule has 2 fully saturated rings. The van der Waals surface area contributed by atoms with Gasteiger partial charge < -0.3 is 9.47 Å². The topological polar surface area (TPSA) is 35.5 Å². The molecule has 0 amide bonds. The number of carbonyl (C=O) groups is 1. The van der Waals surface area contributed by atoms with Crippen molar-refractivity contribution in [1.82, 2.24) is 0 Å². The van der Waals surface area contributed by atoms with Crippen molar-refractivity contribution in [2.75, 3.05) is 13.7 Å². The van der Waals surface area contributed by atoms with Gasteiger partial charge in [0.25, 0.3) is 0 Å². The van der Waals surface area contributed by atoms with E-state index >= 15 is 0 Å². The van der Waals surface area contributed by atoms with Gasteiger partial charge in [-0.25, -0.2) is 4.79 Å². The van der Waals surface area contributed by atoms with Crippen LogP contribution in [0.2, 0.25) is 0 Å². The summed E-state index contributed by atoms with van der Waals surface area (Å²) in [4.78, 5) is 11.8. The highest BCUT2D eigenvalue weighted by atomic mass is 16.5. The zero-order chi connectivity index (χ0) is 13.4. The maximum absolute atomic E-state index is 11.8. The molecule has 0 radical (unpaired) electrons. The largest absolute Gasteiger partial charge is 0.466 e. The van der Waals surface area contributed by atoms with E-state index < -0.39 is 0 Å². The summed E-state index contributed by atoms with van der Waals surface area (Å²) in [5, 5.41) is 0. The Kier molecular flexibility index (Phi) is 3.48. The maximum atomic E-state index is 11.8. The van der Waals surface area contributed by atoms with Crippen molar-refractivity contribution in [3.63, 3.8) is 0 Å². The van der Waals surface area contributed by atoms with E-state index in [0.29, 0.717) is 18.9 Å². The number of hydrogen-bond donors (Lipinski definition) is 0. The van der Waals surface area contributed by atoms with Crippen LogP contribution in [0.15, 0.2) is 23.3 Å². The highest BCUT2D eigenvalue weighted by molar-refractivity contribution is 5.91. The fourth-order valence-electron chi connectivity index (χ4n) is 3.97. The van der Waals surface area contributed by atoms with Gasteiger partial charge in [-0.05, 0) is 24.3 Å². The third kappa shape index (κ3) is 2.14. The second-order valence-electron chi connectivity index (χ2n) is 5.98. The molecule has 0 bridgehead atoms. The summed E-state index contributed by atoms with van der Waals surface area (Å²) in [7, 11) is 1.44.